The Hall–Kier alpha value is -11.9. The molecule has 2 aromatic heterocycles. The normalized spacial score (nSPS) is 21.9. The average molecular weight is 1520 g/mol. The van der Waals surface area contributed by atoms with Crippen molar-refractivity contribution in [2.75, 3.05) is 0 Å². The van der Waals surface area contributed by atoms with Crippen LogP contribution < -0.4 is 5.46 Å². The topological polar surface area (TPSA) is 165 Å². The van der Waals surface area contributed by atoms with Crippen molar-refractivity contribution in [1.29, 1.82) is 10.5 Å². The SMILES string of the molecule is Brc1ccc(C23CC4CC(C2)CC(c2ccc(-c5nc(-c6ccccc6)nc(-c6cccc(-c7ccccc7)c6)n5)cc2)(C4)C3)cc1.N#Cc1ccc(-c2ccc(C34CC5CC(C3)CC(c3ccc(-c6nc(-c7ccccc7)nc(-c7cccc(-c8ccccc8)c7)n6)cc3)(C5)C4)cc2)cc1.N#Cc1ccc(B(O)O)cc1. The molecule has 10 nitrogen and oxygen atoms in total. The molecule has 0 aliphatic heterocycles. The zero-order valence-electron chi connectivity index (χ0n) is 62.2. The maximum atomic E-state index is 9.24. The molecule has 112 heavy (non-hydrogen) atoms. The molecular formula is C100H82BBrN8O2. The highest BCUT2D eigenvalue weighted by atomic mass is 79.9. The van der Waals surface area contributed by atoms with Crippen LogP contribution in [-0.4, -0.2) is 47.1 Å². The minimum atomic E-state index is -1.46. The van der Waals surface area contributed by atoms with Gasteiger partial charge in [0.1, 0.15) is 0 Å². The van der Waals surface area contributed by atoms with Crippen molar-refractivity contribution in [2.24, 2.45) is 23.7 Å². The van der Waals surface area contributed by atoms with E-state index in [0.29, 0.717) is 57.0 Å². The van der Waals surface area contributed by atoms with Crippen LogP contribution in [0.5, 0.6) is 0 Å². The Kier molecular flexibility index (Phi) is 19.5. The van der Waals surface area contributed by atoms with Crippen molar-refractivity contribution in [2.45, 2.75) is 98.7 Å². The molecule has 22 rings (SSSR count). The third-order valence-corrected chi connectivity index (χ3v) is 25.6. The molecule has 8 fully saturated rings. The Labute approximate surface area is 664 Å². The third-order valence-electron chi connectivity index (χ3n) is 25.1. The number of nitriles is 2. The molecule has 8 aliphatic carbocycles. The number of hydrogen-bond acceptors (Lipinski definition) is 10. The Morgan fingerprint density at radius 3 is 0.830 bits per heavy atom. The zero-order chi connectivity index (χ0) is 75.8. The predicted molar refractivity (Wildman–Crippen MR) is 451 cm³/mol. The summed E-state index contributed by atoms with van der Waals surface area (Å²) in [6.07, 6.45) is 15.7. The van der Waals surface area contributed by atoms with E-state index in [1.54, 1.807) is 5.56 Å². The molecule has 0 radical (unpaired) electrons. The Bertz CT molecular complexity index is 5780. The van der Waals surface area contributed by atoms with Gasteiger partial charge in [0.2, 0.25) is 0 Å². The first-order valence-electron chi connectivity index (χ1n) is 39.2. The molecule has 4 atom stereocenters. The summed E-state index contributed by atoms with van der Waals surface area (Å²) in [4.78, 5) is 30.3. The lowest BCUT2D eigenvalue weighted by molar-refractivity contribution is -0.0282. The van der Waals surface area contributed by atoms with Gasteiger partial charge < -0.3 is 10.0 Å². The van der Waals surface area contributed by atoms with Crippen molar-refractivity contribution in [3.63, 3.8) is 0 Å². The number of aromatic nitrogens is 6. The van der Waals surface area contributed by atoms with Gasteiger partial charge in [-0.2, -0.15) is 10.5 Å². The highest BCUT2D eigenvalue weighted by Crippen LogP contribution is 2.68. The summed E-state index contributed by atoms with van der Waals surface area (Å²) in [5, 5.41) is 34.9. The third kappa shape index (κ3) is 14.6. The standard InChI is InChI=1S/C50H40N4.C43H36BrN3.C7H6BNO2/c51-32-34-14-16-38(17-15-34)39-18-22-44(23-19-39)49-28-35-26-36(29-49)31-50(30-35,33-49)45-24-20-41(21-25-45)47-52-46(40-10-5-2-6-11-40)53-48(54-47)43-13-7-12-42(27-43)37-8-3-1-4-9-37;44-38-20-18-37(19-21-38)43-26-29-22-30(27-43)25-42(24-29,28-43)36-16-14-33(15-17-36)40-45-39(32-10-5-2-6-11-32)46-41(47-40)35-13-7-12-34(23-35)31-8-3-1-4-9-31;9-5-6-1-3-7(4-2-6)8(10)11/h1-25,27,35-36H,26,28-31,33H2;1-21,23,29-30H,22,24-28H2;1-4,10-11H. The van der Waals surface area contributed by atoms with E-state index in [-0.39, 0.29) is 16.2 Å². The molecule has 8 saturated carbocycles. The van der Waals surface area contributed by atoms with E-state index in [1.807, 2.05) is 66.7 Å². The van der Waals surface area contributed by atoms with Gasteiger partial charge in [-0.05, 0) is 232 Å². The first-order valence-corrected chi connectivity index (χ1v) is 40.0. The van der Waals surface area contributed by atoms with Gasteiger partial charge in [0, 0.05) is 37.9 Å². The van der Waals surface area contributed by atoms with Crippen LogP contribution in [0.3, 0.4) is 0 Å². The van der Waals surface area contributed by atoms with Crippen LogP contribution in [0.1, 0.15) is 110 Å². The molecule has 544 valence electrons. The van der Waals surface area contributed by atoms with Crippen LogP contribution in [0.15, 0.2) is 320 Å². The average Bonchev–Trinajstić information content (AvgIpc) is 0.710. The van der Waals surface area contributed by atoms with Crippen LogP contribution in [0.2, 0.25) is 0 Å². The van der Waals surface area contributed by atoms with Gasteiger partial charge in [0.25, 0.3) is 0 Å². The van der Waals surface area contributed by atoms with Crippen molar-refractivity contribution in [3.8, 4) is 114 Å². The summed E-state index contributed by atoms with van der Waals surface area (Å²) in [7, 11) is -1.46. The van der Waals surface area contributed by atoms with Crippen molar-refractivity contribution < 1.29 is 10.0 Å². The second kappa shape index (κ2) is 30.4. The highest BCUT2D eigenvalue weighted by Gasteiger charge is 2.60. The minimum Gasteiger partial charge on any atom is -0.423 e. The molecule has 4 unspecified atom stereocenters. The molecule has 2 heterocycles. The van der Waals surface area contributed by atoms with Crippen molar-refractivity contribution in [3.05, 3.63) is 353 Å². The van der Waals surface area contributed by atoms with Gasteiger partial charge in [0.05, 0.1) is 23.3 Å². The molecule has 14 aromatic rings. The Morgan fingerprint density at radius 2 is 0.518 bits per heavy atom. The van der Waals surface area contributed by atoms with Crippen LogP contribution in [0.25, 0.3) is 102 Å². The van der Waals surface area contributed by atoms with Gasteiger partial charge in [-0.3, -0.25) is 0 Å². The van der Waals surface area contributed by atoms with E-state index < -0.39 is 7.12 Å². The van der Waals surface area contributed by atoms with Crippen LogP contribution in [0, 0.1) is 46.3 Å². The van der Waals surface area contributed by atoms with E-state index in [2.05, 4.69) is 253 Å². The van der Waals surface area contributed by atoms with Crippen molar-refractivity contribution >= 4 is 28.5 Å². The maximum absolute atomic E-state index is 9.24. The van der Waals surface area contributed by atoms with E-state index in [0.717, 1.165) is 78.2 Å². The minimum absolute atomic E-state index is 0.186. The Morgan fingerprint density at radius 1 is 0.277 bits per heavy atom. The number of nitrogens with zero attached hydrogens (tertiary/aromatic N) is 8. The second-order valence-electron chi connectivity index (χ2n) is 32.3. The summed E-state index contributed by atoms with van der Waals surface area (Å²) in [6, 6.07) is 114. The lowest BCUT2D eigenvalue weighted by Gasteiger charge is -2.63. The maximum Gasteiger partial charge on any atom is 0.488 e. The molecule has 12 aromatic carbocycles. The quantitative estimate of drug-likeness (QED) is 0.100. The Balaban J connectivity index is 0.000000139. The number of halogens is 1. The summed E-state index contributed by atoms with van der Waals surface area (Å²) in [5.41, 5.74) is 21.5. The van der Waals surface area contributed by atoms with Gasteiger partial charge in [0.15, 0.2) is 34.9 Å². The predicted octanol–water partition coefficient (Wildman–Crippen LogP) is 22.2. The lowest BCUT2D eigenvalue weighted by Crippen LogP contribution is -2.55. The van der Waals surface area contributed by atoms with E-state index in [9.17, 15) is 5.26 Å². The summed E-state index contributed by atoms with van der Waals surface area (Å²) in [5.74, 6) is 7.28. The van der Waals surface area contributed by atoms with Gasteiger partial charge in [-0.25, -0.2) is 29.9 Å². The summed E-state index contributed by atoms with van der Waals surface area (Å²) < 4.78 is 1.16. The zero-order valence-corrected chi connectivity index (χ0v) is 63.8. The molecule has 8 aliphatic rings. The van der Waals surface area contributed by atoms with E-state index in [4.69, 9.17) is 45.2 Å². The van der Waals surface area contributed by atoms with E-state index in [1.165, 1.54) is 135 Å². The largest absolute Gasteiger partial charge is 0.488 e. The number of hydrogen-bond donors (Lipinski definition) is 2. The van der Waals surface area contributed by atoms with Crippen LogP contribution in [-0.2, 0) is 21.7 Å². The fourth-order valence-corrected chi connectivity index (χ4v) is 21.0. The number of rotatable bonds is 14. The van der Waals surface area contributed by atoms with Crippen LogP contribution >= 0.6 is 15.9 Å². The first kappa shape index (κ1) is 71.7. The van der Waals surface area contributed by atoms with Gasteiger partial charge in [-0.1, -0.05) is 283 Å². The van der Waals surface area contributed by atoms with Crippen molar-refractivity contribution in [1.82, 2.24) is 29.9 Å². The van der Waals surface area contributed by atoms with Crippen LogP contribution in [0.4, 0.5) is 0 Å². The smallest absolute Gasteiger partial charge is 0.423 e. The molecule has 2 N–H and O–H groups in total. The fourth-order valence-electron chi connectivity index (χ4n) is 20.7. The van der Waals surface area contributed by atoms with Gasteiger partial charge >= 0.3 is 7.12 Å². The first-order chi connectivity index (χ1) is 54.8. The summed E-state index contributed by atoms with van der Waals surface area (Å²) in [6.45, 7) is 0. The second-order valence-corrected chi connectivity index (χ2v) is 33.2. The molecule has 8 bridgehead atoms. The fraction of sp³-hybridized carbons (Fsp3) is 0.200. The molecular weight excluding hydrogens is 1440 g/mol. The molecule has 12 heteroatoms. The highest BCUT2D eigenvalue weighted by molar-refractivity contribution is 9.10. The molecule has 0 spiro atoms. The lowest BCUT2D eigenvalue weighted by atomic mass is 9.41. The summed E-state index contributed by atoms with van der Waals surface area (Å²) >= 11 is 3.66. The van der Waals surface area contributed by atoms with E-state index >= 15 is 0 Å². The molecule has 0 saturated heterocycles. The number of benzene rings is 12. The molecule has 0 amide bonds. The van der Waals surface area contributed by atoms with Gasteiger partial charge in [-0.15, -0.1) is 0 Å². The monoisotopic (exact) mass is 1520 g/mol.